The van der Waals surface area contributed by atoms with E-state index in [4.69, 9.17) is 5.73 Å². The Hall–Kier alpha value is -1.45. The van der Waals surface area contributed by atoms with Crippen molar-refractivity contribution in [2.24, 2.45) is 5.73 Å². The molecule has 0 saturated carbocycles. The molecule has 0 heterocycles. The zero-order valence-electron chi connectivity index (χ0n) is 9.18. The van der Waals surface area contributed by atoms with Crippen molar-refractivity contribution in [3.8, 4) is 0 Å². The minimum Gasteiger partial charge on any atom is -0.367 e. The minimum absolute atomic E-state index is 0.142. The largest absolute Gasteiger partial charge is 0.455 e. The van der Waals surface area contributed by atoms with Gasteiger partial charge >= 0.3 is 12.1 Å². The van der Waals surface area contributed by atoms with E-state index in [-0.39, 0.29) is 6.61 Å². The first-order chi connectivity index (χ1) is 8.03. The summed E-state index contributed by atoms with van der Waals surface area (Å²) in [5.41, 5.74) is 4.71. The lowest BCUT2D eigenvalue weighted by atomic mass is 10.2. The molecule has 10 heteroatoms. The van der Waals surface area contributed by atoms with Crippen molar-refractivity contribution in [2.75, 3.05) is 13.2 Å². The van der Waals surface area contributed by atoms with Gasteiger partial charge in [-0.2, -0.15) is 22.0 Å². The Bertz CT molecular complexity index is 318. The summed E-state index contributed by atoms with van der Waals surface area (Å²) >= 11 is 0. The summed E-state index contributed by atoms with van der Waals surface area (Å²) in [5.74, 6) is -7.84. The summed E-state index contributed by atoms with van der Waals surface area (Å²) in [6.45, 7) is -0.754. The Morgan fingerprint density at radius 3 is 2.11 bits per heavy atom. The van der Waals surface area contributed by atoms with Crippen molar-refractivity contribution in [3.05, 3.63) is 0 Å². The molecule has 1 atom stereocenters. The van der Waals surface area contributed by atoms with E-state index in [1.807, 2.05) is 0 Å². The van der Waals surface area contributed by atoms with Crippen LogP contribution in [0.5, 0.6) is 0 Å². The Morgan fingerprint density at radius 2 is 1.78 bits per heavy atom. The van der Waals surface area contributed by atoms with Crippen molar-refractivity contribution < 1.29 is 36.3 Å². The third-order valence-corrected chi connectivity index (χ3v) is 1.73. The molecule has 1 unspecified atom stereocenters. The van der Waals surface area contributed by atoms with E-state index in [2.05, 4.69) is 4.74 Å². The van der Waals surface area contributed by atoms with Gasteiger partial charge in [0.1, 0.15) is 0 Å². The van der Waals surface area contributed by atoms with Crippen molar-refractivity contribution >= 4 is 11.8 Å². The van der Waals surface area contributed by atoms with Crippen LogP contribution in [-0.4, -0.2) is 43.2 Å². The van der Waals surface area contributed by atoms with Crippen LogP contribution in [0.3, 0.4) is 0 Å². The van der Waals surface area contributed by atoms with E-state index in [1.54, 1.807) is 0 Å². The molecule has 0 radical (unpaired) electrons. The number of amides is 2. The van der Waals surface area contributed by atoms with Crippen LogP contribution in [0.25, 0.3) is 0 Å². The quantitative estimate of drug-likeness (QED) is 0.537. The van der Waals surface area contributed by atoms with Crippen LogP contribution < -0.4 is 11.1 Å². The van der Waals surface area contributed by atoms with Crippen LogP contribution in [0.2, 0.25) is 0 Å². The minimum atomic E-state index is -5.80. The van der Waals surface area contributed by atoms with Crippen LogP contribution in [0.15, 0.2) is 0 Å². The number of carbonyl (C=O) groups excluding carboxylic acids is 2. The number of alkyl halides is 5. The SMILES string of the molecule is CCOC(C(N)=O)C(=O)NCC(F)(F)C(F)(F)F. The lowest BCUT2D eigenvalue weighted by molar-refractivity contribution is -0.278. The summed E-state index contributed by atoms with van der Waals surface area (Å²) in [5, 5.41) is 1.26. The summed E-state index contributed by atoms with van der Waals surface area (Å²) in [6.07, 6.45) is -7.70. The van der Waals surface area contributed by atoms with Gasteiger partial charge in [0.15, 0.2) is 0 Å². The molecular formula is C8H11F5N2O3. The summed E-state index contributed by atoms with van der Waals surface area (Å²) in [6, 6.07) is 0. The molecule has 0 aromatic carbocycles. The fraction of sp³-hybridized carbons (Fsp3) is 0.750. The van der Waals surface area contributed by atoms with E-state index in [9.17, 15) is 31.5 Å². The molecule has 0 aliphatic heterocycles. The summed E-state index contributed by atoms with van der Waals surface area (Å²) in [7, 11) is 0. The highest BCUT2D eigenvalue weighted by atomic mass is 19.4. The second-order valence-corrected chi connectivity index (χ2v) is 3.16. The van der Waals surface area contributed by atoms with E-state index in [0.717, 1.165) is 0 Å². The van der Waals surface area contributed by atoms with Crippen molar-refractivity contribution in [2.45, 2.75) is 25.1 Å². The molecule has 0 spiro atoms. The predicted molar refractivity (Wildman–Crippen MR) is 48.6 cm³/mol. The molecule has 0 bridgehead atoms. The molecule has 0 aromatic heterocycles. The van der Waals surface area contributed by atoms with Gasteiger partial charge in [-0.15, -0.1) is 0 Å². The number of hydrogen-bond donors (Lipinski definition) is 2. The molecule has 18 heavy (non-hydrogen) atoms. The number of nitrogens with one attached hydrogen (secondary N) is 1. The zero-order chi connectivity index (χ0) is 14.6. The van der Waals surface area contributed by atoms with E-state index < -0.39 is 36.6 Å². The van der Waals surface area contributed by atoms with Crippen LogP contribution in [0.1, 0.15) is 6.92 Å². The molecular weight excluding hydrogens is 267 g/mol. The van der Waals surface area contributed by atoms with Crippen molar-refractivity contribution in [3.63, 3.8) is 0 Å². The standard InChI is InChI=1S/C8H11F5N2O3/c1-2-18-4(5(14)16)6(17)15-3-7(9,10)8(11,12)13/h4H,2-3H2,1H3,(H2,14,16)(H,15,17). The van der Waals surface area contributed by atoms with Gasteiger partial charge in [0.2, 0.25) is 6.10 Å². The Kier molecular flexibility index (Phi) is 5.46. The number of halogens is 5. The molecule has 0 saturated heterocycles. The Balaban J connectivity index is 4.54. The van der Waals surface area contributed by atoms with Gasteiger partial charge in [0, 0.05) is 6.61 Å². The fourth-order valence-electron chi connectivity index (χ4n) is 0.845. The number of rotatable bonds is 6. The highest BCUT2D eigenvalue weighted by Crippen LogP contribution is 2.34. The lowest BCUT2D eigenvalue weighted by Crippen LogP contribution is -2.51. The Morgan fingerprint density at radius 1 is 1.28 bits per heavy atom. The molecule has 0 fully saturated rings. The molecule has 0 aliphatic rings. The fourth-order valence-corrected chi connectivity index (χ4v) is 0.845. The number of hydrogen-bond acceptors (Lipinski definition) is 3. The Labute approximate surface area is 98.4 Å². The van der Waals surface area contributed by atoms with Crippen LogP contribution in [0.4, 0.5) is 22.0 Å². The second kappa shape index (κ2) is 5.94. The highest BCUT2D eigenvalue weighted by molar-refractivity contribution is 6.02. The maximum atomic E-state index is 12.4. The smallest absolute Gasteiger partial charge is 0.367 e. The number of nitrogens with two attached hydrogens (primary N) is 1. The maximum absolute atomic E-state index is 12.4. The van der Waals surface area contributed by atoms with Gasteiger partial charge in [-0.1, -0.05) is 0 Å². The predicted octanol–water partition coefficient (Wildman–Crippen LogP) is 0.191. The number of ether oxygens (including phenoxy) is 1. The molecule has 106 valence electrons. The first kappa shape index (κ1) is 16.6. The summed E-state index contributed by atoms with van der Waals surface area (Å²) < 4.78 is 64.7. The van der Waals surface area contributed by atoms with Crippen LogP contribution in [0, 0.1) is 0 Å². The number of carbonyl (C=O) groups is 2. The van der Waals surface area contributed by atoms with Crippen molar-refractivity contribution in [1.29, 1.82) is 0 Å². The first-order valence-corrected chi connectivity index (χ1v) is 4.66. The zero-order valence-corrected chi connectivity index (χ0v) is 9.18. The van der Waals surface area contributed by atoms with Gasteiger partial charge in [-0.3, -0.25) is 9.59 Å². The maximum Gasteiger partial charge on any atom is 0.455 e. The van der Waals surface area contributed by atoms with E-state index in [0.29, 0.717) is 0 Å². The molecule has 0 rings (SSSR count). The van der Waals surface area contributed by atoms with Crippen molar-refractivity contribution in [1.82, 2.24) is 5.32 Å². The van der Waals surface area contributed by atoms with Crippen LogP contribution >= 0.6 is 0 Å². The molecule has 0 aromatic rings. The first-order valence-electron chi connectivity index (χ1n) is 4.66. The average Bonchev–Trinajstić information content (AvgIpc) is 2.20. The lowest BCUT2D eigenvalue weighted by Gasteiger charge is -2.21. The molecule has 0 aliphatic carbocycles. The third-order valence-electron chi connectivity index (χ3n) is 1.73. The van der Waals surface area contributed by atoms with Gasteiger partial charge in [-0.05, 0) is 6.92 Å². The monoisotopic (exact) mass is 278 g/mol. The summed E-state index contributed by atoms with van der Waals surface area (Å²) in [4.78, 5) is 21.8. The average molecular weight is 278 g/mol. The molecule has 3 N–H and O–H groups in total. The van der Waals surface area contributed by atoms with Gasteiger partial charge in [0.05, 0.1) is 6.54 Å². The van der Waals surface area contributed by atoms with Gasteiger partial charge < -0.3 is 15.8 Å². The molecule has 2 amide bonds. The third kappa shape index (κ3) is 4.43. The van der Waals surface area contributed by atoms with Gasteiger partial charge in [-0.25, -0.2) is 0 Å². The molecule has 5 nitrogen and oxygen atoms in total. The topological polar surface area (TPSA) is 81.4 Å². The number of primary amides is 1. The van der Waals surface area contributed by atoms with E-state index >= 15 is 0 Å². The second-order valence-electron chi connectivity index (χ2n) is 3.16. The van der Waals surface area contributed by atoms with Crippen LogP contribution in [-0.2, 0) is 14.3 Å². The van der Waals surface area contributed by atoms with E-state index in [1.165, 1.54) is 12.2 Å². The van der Waals surface area contributed by atoms with Gasteiger partial charge in [0.25, 0.3) is 11.8 Å². The normalized spacial score (nSPS) is 14.1. The highest BCUT2D eigenvalue weighted by Gasteiger charge is 2.57.